The zero-order valence-electron chi connectivity index (χ0n) is 8.03. The summed E-state index contributed by atoms with van der Waals surface area (Å²) in [5.41, 5.74) is 0. The summed E-state index contributed by atoms with van der Waals surface area (Å²) in [6, 6.07) is 0.0451. The van der Waals surface area contributed by atoms with Crippen molar-refractivity contribution in [2.24, 2.45) is 5.92 Å². The highest BCUT2D eigenvalue weighted by atomic mass is 79.9. The maximum absolute atomic E-state index is 11.7. The Morgan fingerprint density at radius 3 is 2.46 bits per heavy atom. The summed E-state index contributed by atoms with van der Waals surface area (Å²) in [7, 11) is -1.35. The van der Waals surface area contributed by atoms with Crippen molar-refractivity contribution in [2.75, 3.05) is 18.1 Å². The zero-order chi connectivity index (χ0) is 10.1. The lowest BCUT2D eigenvalue weighted by molar-refractivity contribution is 0.415. The molecule has 0 saturated heterocycles. The first-order valence-electron chi connectivity index (χ1n) is 4.49. The largest absolute Gasteiger partial charge is 0.214 e. The summed E-state index contributed by atoms with van der Waals surface area (Å²) in [6.07, 6.45) is 2.16. The minimum Gasteiger partial charge on any atom is -0.212 e. The predicted octanol–water partition coefficient (Wildman–Crippen LogP) is 1.44. The maximum atomic E-state index is 11.7. The van der Waals surface area contributed by atoms with E-state index in [0.717, 1.165) is 12.8 Å². The van der Waals surface area contributed by atoms with Crippen LogP contribution >= 0.6 is 15.9 Å². The highest BCUT2D eigenvalue weighted by Crippen LogP contribution is 2.31. The van der Waals surface area contributed by atoms with Crippen LogP contribution in [-0.4, -0.2) is 36.9 Å². The Morgan fingerprint density at radius 2 is 2.08 bits per heavy atom. The average molecular weight is 270 g/mol. The van der Waals surface area contributed by atoms with E-state index in [1.807, 2.05) is 6.92 Å². The van der Waals surface area contributed by atoms with Crippen LogP contribution < -0.4 is 0 Å². The molecule has 0 spiro atoms. The molecule has 0 aromatic heterocycles. The van der Waals surface area contributed by atoms with Crippen LogP contribution in [0.25, 0.3) is 0 Å². The molecule has 1 rings (SSSR count). The molecule has 5 heteroatoms. The van der Waals surface area contributed by atoms with Gasteiger partial charge in [-0.3, -0.25) is 0 Å². The first kappa shape index (κ1) is 11.5. The molecular weight excluding hydrogens is 254 g/mol. The number of hydrogen-bond donors (Lipinski definition) is 0. The van der Waals surface area contributed by atoms with Crippen molar-refractivity contribution in [3.05, 3.63) is 0 Å². The van der Waals surface area contributed by atoms with Gasteiger partial charge in [0, 0.05) is 18.4 Å². The molecule has 3 nitrogen and oxygen atoms in total. The van der Waals surface area contributed by atoms with Crippen LogP contribution in [0, 0.1) is 5.92 Å². The summed E-state index contributed by atoms with van der Waals surface area (Å²) >= 11 is 3.28. The molecule has 1 aliphatic carbocycles. The SMILES string of the molecule is CC(CBr)N(C)S(=O)(=O)CC1CC1. The van der Waals surface area contributed by atoms with Gasteiger partial charge in [-0.15, -0.1) is 0 Å². The van der Waals surface area contributed by atoms with E-state index in [-0.39, 0.29) is 6.04 Å². The van der Waals surface area contributed by atoms with Gasteiger partial charge in [-0.2, -0.15) is 0 Å². The Labute approximate surface area is 88.7 Å². The number of sulfonamides is 1. The van der Waals surface area contributed by atoms with E-state index in [1.165, 1.54) is 4.31 Å². The van der Waals surface area contributed by atoms with Crippen LogP contribution in [0.4, 0.5) is 0 Å². The van der Waals surface area contributed by atoms with Gasteiger partial charge in [0.2, 0.25) is 10.0 Å². The van der Waals surface area contributed by atoms with E-state index >= 15 is 0 Å². The van der Waals surface area contributed by atoms with Gasteiger partial charge >= 0.3 is 0 Å². The minimum atomic E-state index is -3.01. The summed E-state index contributed by atoms with van der Waals surface area (Å²) in [4.78, 5) is 0. The second-order valence-electron chi connectivity index (χ2n) is 3.74. The third kappa shape index (κ3) is 3.22. The van der Waals surface area contributed by atoms with E-state index in [4.69, 9.17) is 0 Å². The molecule has 78 valence electrons. The van der Waals surface area contributed by atoms with E-state index in [9.17, 15) is 8.42 Å². The van der Waals surface area contributed by atoms with Crippen LogP contribution in [0.5, 0.6) is 0 Å². The summed E-state index contributed by atoms with van der Waals surface area (Å²) in [6.45, 7) is 1.90. The Bertz CT molecular complexity index is 261. The lowest BCUT2D eigenvalue weighted by Gasteiger charge is -2.22. The standard InChI is InChI=1S/C8H16BrNO2S/c1-7(5-9)10(2)13(11,12)6-8-3-4-8/h7-8H,3-6H2,1-2H3. The number of rotatable bonds is 5. The van der Waals surface area contributed by atoms with Gasteiger partial charge in [-0.25, -0.2) is 12.7 Å². The normalized spacial score (nSPS) is 20.6. The zero-order valence-corrected chi connectivity index (χ0v) is 10.4. The molecule has 0 N–H and O–H groups in total. The van der Waals surface area contributed by atoms with Gasteiger partial charge < -0.3 is 0 Å². The van der Waals surface area contributed by atoms with Crippen molar-refractivity contribution >= 4 is 26.0 Å². The lowest BCUT2D eigenvalue weighted by Crippen LogP contribution is -2.37. The van der Waals surface area contributed by atoms with E-state index in [1.54, 1.807) is 7.05 Å². The maximum Gasteiger partial charge on any atom is 0.214 e. The van der Waals surface area contributed by atoms with E-state index < -0.39 is 10.0 Å². The van der Waals surface area contributed by atoms with E-state index in [0.29, 0.717) is 17.0 Å². The topological polar surface area (TPSA) is 37.4 Å². The summed E-state index contributed by atoms with van der Waals surface area (Å²) in [5.74, 6) is 0.760. The van der Waals surface area contributed by atoms with Gasteiger partial charge in [0.05, 0.1) is 5.75 Å². The second kappa shape index (κ2) is 4.28. The molecule has 0 bridgehead atoms. The first-order valence-corrected chi connectivity index (χ1v) is 7.22. The fourth-order valence-corrected chi connectivity index (χ4v) is 3.48. The molecule has 0 aromatic carbocycles. The van der Waals surface area contributed by atoms with E-state index in [2.05, 4.69) is 15.9 Å². The van der Waals surface area contributed by atoms with Gasteiger partial charge in [-0.1, -0.05) is 15.9 Å². The van der Waals surface area contributed by atoms with Crippen molar-refractivity contribution in [3.63, 3.8) is 0 Å². The van der Waals surface area contributed by atoms with Crippen LogP contribution in [-0.2, 0) is 10.0 Å². The van der Waals surface area contributed by atoms with Crippen molar-refractivity contribution in [3.8, 4) is 0 Å². The summed E-state index contributed by atoms with van der Waals surface area (Å²) in [5, 5.41) is 0.688. The lowest BCUT2D eigenvalue weighted by atomic mass is 10.4. The third-order valence-electron chi connectivity index (χ3n) is 2.43. The molecule has 1 atom stereocenters. The molecule has 1 unspecified atom stereocenters. The fourth-order valence-electron chi connectivity index (χ4n) is 1.07. The monoisotopic (exact) mass is 269 g/mol. The van der Waals surface area contributed by atoms with Gasteiger partial charge in [0.25, 0.3) is 0 Å². The van der Waals surface area contributed by atoms with Crippen molar-refractivity contribution in [1.82, 2.24) is 4.31 Å². The Hall–Kier alpha value is 0.390. The van der Waals surface area contributed by atoms with Crippen molar-refractivity contribution in [1.29, 1.82) is 0 Å². The first-order chi connectivity index (χ1) is 5.97. The molecule has 1 aliphatic rings. The molecule has 0 heterocycles. The van der Waals surface area contributed by atoms with Crippen LogP contribution in [0.1, 0.15) is 19.8 Å². The Kier molecular flexibility index (Phi) is 3.77. The van der Waals surface area contributed by atoms with Crippen LogP contribution in [0.3, 0.4) is 0 Å². The number of nitrogens with zero attached hydrogens (tertiary/aromatic N) is 1. The van der Waals surface area contributed by atoms with Crippen LogP contribution in [0.2, 0.25) is 0 Å². The highest BCUT2D eigenvalue weighted by Gasteiger charge is 2.31. The van der Waals surface area contributed by atoms with Crippen LogP contribution in [0.15, 0.2) is 0 Å². The number of hydrogen-bond acceptors (Lipinski definition) is 2. The van der Waals surface area contributed by atoms with Gasteiger partial charge in [0.1, 0.15) is 0 Å². The van der Waals surface area contributed by atoms with Crippen molar-refractivity contribution in [2.45, 2.75) is 25.8 Å². The molecule has 13 heavy (non-hydrogen) atoms. The molecule has 0 aliphatic heterocycles. The number of alkyl halides is 1. The third-order valence-corrected chi connectivity index (χ3v) is 5.49. The predicted molar refractivity (Wildman–Crippen MR) is 57.5 cm³/mol. The molecule has 0 amide bonds. The smallest absolute Gasteiger partial charge is 0.212 e. The molecule has 0 radical (unpaired) electrons. The molecular formula is C8H16BrNO2S. The molecule has 1 fully saturated rings. The highest BCUT2D eigenvalue weighted by molar-refractivity contribution is 9.09. The Balaban J connectivity index is 2.56. The van der Waals surface area contributed by atoms with Gasteiger partial charge in [0.15, 0.2) is 0 Å². The Morgan fingerprint density at radius 1 is 1.54 bits per heavy atom. The average Bonchev–Trinajstić information content (AvgIpc) is 2.84. The second-order valence-corrected chi connectivity index (χ2v) is 6.46. The molecule has 1 saturated carbocycles. The summed E-state index contributed by atoms with van der Waals surface area (Å²) < 4.78 is 24.8. The van der Waals surface area contributed by atoms with Gasteiger partial charge in [-0.05, 0) is 25.7 Å². The molecule has 0 aromatic rings. The quantitative estimate of drug-likeness (QED) is 0.709. The number of halogens is 1. The van der Waals surface area contributed by atoms with Crippen molar-refractivity contribution < 1.29 is 8.42 Å². The minimum absolute atomic E-state index is 0.0451. The fraction of sp³-hybridized carbons (Fsp3) is 1.00.